The van der Waals surface area contributed by atoms with Gasteiger partial charge in [0.05, 0.1) is 18.6 Å². The van der Waals surface area contributed by atoms with E-state index in [1.54, 1.807) is 6.33 Å². The van der Waals surface area contributed by atoms with Crippen LogP contribution in [0.1, 0.15) is 20.5 Å². The molecule has 0 spiro atoms. The van der Waals surface area contributed by atoms with Crippen LogP contribution in [0, 0.1) is 11.3 Å². The molecule has 1 aliphatic rings. The third-order valence-electron chi connectivity index (χ3n) is 5.01. The molecule has 8 heteroatoms. The van der Waals surface area contributed by atoms with Crippen molar-refractivity contribution >= 4 is 17.3 Å². The molecule has 0 saturated carbocycles. The average Bonchev–Trinajstić information content (AvgIpc) is 3.24. The second kappa shape index (κ2) is 8.71. The van der Waals surface area contributed by atoms with Crippen LogP contribution in [0.25, 0.3) is 5.69 Å². The van der Waals surface area contributed by atoms with Gasteiger partial charge in [-0.1, -0.05) is 13.0 Å². The predicted molar refractivity (Wildman–Crippen MR) is 115 cm³/mol. The SMILES string of the molecule is CCCN1CCN(c2cccc(-n3cnc(Nc4cnc(C#N)cn4)c3)c2)CC1.[HH]. The number of piperazine rings is 1. The molecule has 1 fully saturated rings. The molecule has 0 atom stereocenters. The molecule has 2 aromatic heterocycles. The highest BCUT2D eigenvalue weighted by molar-refractivity contribution is 5.55. The van der Waals surface area contributed by atoms with Gasteiger partial charge in [-0.15, -0.1) is 0 Å². The van der Waals surface area contributed by atoms with Crippen molar-refractivity contribution in [2.75, 3.05) is 42.9 Å². The van der Waals surface area contributed by atoms with Crippen molar-refractivity contribution in [2.45, 2.75) is 13.3 Å². The fraction of sp³-hybridized carbons (Fsp3) is 0.333. The van der Waals surface area contributed by atoms with Crippen LogP contribution in [0.15, 0.2) is 49.2 Å². The van der Waals surface area contributed by atoms with Gasteiger partial charge in [-0.2, -0.15) is 5.26 Å². The largest absolute Gasteiger partial charge is 0.369 e. The van der Waals surface area contributed by atoms with E-state index in [1.165, 1.54) is 31.0 Å². The van der Waals surface area contributed by atoms with E-state index in [2.05, 4.69) is 61.3 Å². The summed E-state index contributed by atoms with van der Waals surface area (Å²) in [5, 5.41) is 11.9. The van der Waals surface area contributed by atoms with Gasteiger partial charge >= 0.3 is 0 Å². The summed E-state index contributed by atoms with van der Waals surface area (Å²) in [4.78, 5) is 17.5. The summed E-state index contributed by atoms with van der Waals surface area (Å²) in [5.41, 5.74) is 2.58. The van der Waals surface area contributed by atoms with E-state index in [0.717, 1.165) is 31.9 Å². The summed E-state index contributed by atoms with van der Waals surface area (Å²) >= 11 is 0. The van der Waals surface area contributed by atoms with Crippen molar-refractivity contribution in [1.82, 2.24) is 24.4 Å². The van der Waals surface area contributed by atoms with Crippen molar-refractivity contribution < 1.29 is 1.43 Å². The lowest BCUT2D eigenvalue weighted by Gasteiger charge is -2.36. The second-order valence-corrected chi connectivity index (χ2v) is 7.04. The van der Waals surface area contributed by atoms with Crippen LogP contribution in [0.5, 0.6) is 0 Å². The molecule has 3 heterocycles. The fourth-order valence-corrected chi connectivity index (χ4v) is 3.51. The molecule has 0 radical (unpaired) electrons. The molecule has 1 aromatic carbocycles. The maximum absolute atomic E-state index is 8.81. The number of imidazole rings is 1. The van der Waals surface area contributed by atoms with Crippen LogP contribution >= 0.6 is 0 Å². The summed E-state index contributed by atoms with van der Waals surface area (Å²) in [6.45, 7) is 7.75. The quantitative estimate of drug-likeness (QED) is 0.692. The molecular weight excluding hydrogens is 364 g/mol. The zero-order chi connectivity index (χ0) is 20.1. The number of aromatic nitrogens is 4. The second-order valence-electron chi connectivity index (χ2n) is 7.04. The van der Waals surface area contributed by atoms with E-state index in [0.29, 0.717) is 11.6 Å². The van der Waals surface area contributed by atoms with Crippen molar-refractivity contribution in [3.05, 3.63) is 54.9 Å². The molecular formula is C21H26N8. The lowest BCUT2D eigenvalue weighted by molar-refractivity contribution is 0.258. The van der Waals surface area contributed by atoms with Crippen molar-refractivity contribution in [1.29, 1.82) is 5.26 Å². The van der Waals surface area contributed by atoms with Gasteiger partial charge in [0.15, 0.2) is 5.69 Å². The third-order valence-corrected chi connectivity index (χ3v) is 5.01. The molecule has 4 rings (SSSR count). The van der Waals surface area contributed by atoms with Gasteiger partial charge in [0.25, 0.3) is 0 Å². The monoisotopic (exact) mass is 390 g/mol. The van der Waals surface area contributed by atoms with Crippen molar-refractivity contribution in [3.63, 3.8) is 0 Å². The van der Waals surface area contributed by atoms with E-state index in [4.69, 9.17) is 5.26 Å². The Morgan fingerprint density at radius 2 is 1.90 bits per heavy atom. The Balaban J connectivity index is 0.00000256. The average molecular weight is 390 g/mol. The van der Waals surface area contributed by atoms with Gasteiger partial charge in [0.2, 0.25) is 0 Å². The van der Waals surface area contributed by atoms with Gasteiger partial charge in [0.1, 0.15) is 24.0 Å². The molecule has 0 unspecified atom stereocenters. The van der Waals surface area contributed by atoms with Gasteiger partial charge < -0.3 is 14.8 Å². The first-order valence-electron chi connectivity index (χ1n) is 9.86. The lowest BCUT2D eigenvalue weighted by atomic mass is 10.2. The third kappa shape index (κ3) is 4.52. The van der Waals surface area contributed by atoms with Crippen LogP contribution in [0.4, 0.5) is 17.3 Å². The summed E-state index contributed by atoms with van der Waals surface area (Å²) in [5.74, 6) is 1.22. The number of rotatable bonds is 6. The molecule has 29 heavy (non-hydrogen) atoms. The first-order chi connectivity index (χ1) is 14.2. The first kappa shape index (κ1) is 18.9. The Bertz CT molecular complexity index is 987. The van der Waals surface area contributed by atoms with Gasteiger partial charge in [-0.05, 0) is 31.2 Å². The molecule has 1 aliphatic heterocycles. The topological polar surface area (TPSA) is 85.9 Å². The Hall–Kier alpha value is -3.44. The minimum absolute atomic E-state index is 0. The molecule has 1 N–H and O–H groups in total. The molecule has 1 saturated heterocycles. The van der Waals surface area contributed by atoms with Crippen molar-refractivity contribution in [3.8, 4) is 11.8 Å². The van der Waals surface area contributed by atoms with E-state index < -0.39 is 0 Å². The van der Waals surface area contributed by atoms with Crippen LogP contribution in [-0.4, -0.2) is 57.1 Å². The molecule has 0 amide bonds. The summed E-state index contributed by atoms with van der Waals surface area (Å²) in [6.07, 6.45) is 7.86. The van der Waals surface area contributed by atoms with Crippen molar-refractivity contribution in [2.24, 2.45) is 0 Å². The molecule has 0 bridgehead atoms. The van der Waals surface area contributed by atoms with E-state index in [-0.39, 0.29) is 7.12 Å². The van der Waals surface area contributed by atoms with E-state index in [1.807, 2.05) is 16.8 Å². The highest BCUT2D eigenvalue weighted by Gasteiger charge is 2.16. The molecule has 150 valence electrons. The predicted octanol–water partition coefficient (Wildman–Crippen LogP) is 3.06. The number of nitrogens with one attached hydrogen (secondary N) is 1. The van der Waals surface area contributed by atoms with E-state index >= 15 is 0 Å². The highest BCUT2D eigenvalue weighted by atomic mass is 15.3. The minimum Gasteiger partial charge on any atom is -0.369 e. The molecule has 0 aliphatic carbocycles. The number of anilines is 3. The van der Waals surface area contributed by atoms with Crippen LogP contribution in [0.3, 0.4) is 0 Å². The number of hydrogen-bond donors (Lipinski definition) is 1. The van der Waals surface area contributed by atoms with Crippen LogP contribution in [-0.2, 0) is 0 Å². The Morgan fingerprint density at radius 3 is 2.62 bits per heavy atom. The van der Waals surface area contributed by atoms with Crippen LogP contribution in [0.2, 0.25) is 0 Å². The normalized spacial score (nSPS) is 14.6. The Labute approximate surface area is 171 Å². The maximum Gasteiger partial charge on any atom is 0.158 e. The maximum atomic E-state index is 8.81. The summed E-state index contributed by atoms with van der Waals surface area (Å²) in [6, 6.07) is 10.5. The highest BCUT2D eigenvalue weighted by Crippen LogP contribution is 2.22. The molecule has 8 nitrogen and oxygen atoms in total. The van der Waals surface area contributed by atoms with E-state index in [9.17, 15) is 0 Å². The first-order valence-corrected chi connectivity index (χ1v) is 9.86. The molecule has 3 aromatic rings. The van der Waals surface area contributed by atoms with Gasteiger partial charge in [-0.3, -0.25) is 4.90 Å². The Morgan fingerprint density at radius 1 is 1.07 bits per heavy atom. The number of nitrogens with zero attached hydrogens (tertiary/aromatic N) is 7. The fourth-order valence-electron chi connectivity index (χ4n) is 3.51. The zero-order valence-corrected chi connectivity index (χ0v) is 16.5. The Kier molecular flexibility index (Phi) is 5.68. The van der Waals surface area contributed by atoms with Gasteiger partial charge in [0, 0.05) is 39.0 Å². The summed E-state index contributed by atoms with van der Waals surface area (Å²) in [7, 11) is 0. The number of benzene rings is 1. The summed E-state index contributed by atoms with van der Waals surface area (Å²) < 4.78 is 1.98. The van der Waals surface area contributed by atoms with Gasteiger partial charge in [-0.25, -0.2) is 15.0 Å². The standard InChI is InChI=1S/C21H24N8.H2/c1-2-6-27-7-9-28(10-8-27)18-4-3-5-19(11-18)29-15-21(25-16-29)26-20-14-23-17(12-22)13-24-20;/h3-5,11,13-16H,2,6-10H2,1H3,(H,24,26);1H. The van der Waals surface area contributed by atoms with Crippen LogP contribution < -0.4 is 10.2 Å². The number of nitriles is 1. The zero-order valence-electron chi connectivity index (χ0n) is 16.5. The lowest BCUT2D eigenvalue weighted by Crippen LogP contribution is -2.46. The number of hydrogen-bond acceptors (Lipinski definition) is 7. The smallest absolute Gasteiger partial charge is 0.158 e. The minimum atomic E-state index is 0.